The fraction of sp³-hybridized carbons (Fsp3) is 0.167. The summed E-state index contributed by atoms with van der Waals surface area (Å²) in [5.41, 5.74) is 0.335. The maximum absolute atomic E-state index is 13.7. The highest BCUT2D eigenvalue weighted by Gasteiger charge is 2.24. The molecule has 108 valence electrons. The zero-order chi connectivity index (χ0) is 14.9. The maximum Gasteiger partial charge on any atom is 0.266 e. The zero-order valence-corrected chi connectivity index (χ0v) is 12.8. The second-order valence-electron chi connectivity index (χ2n) is 4.05. The van der Waals surface area contributed by atoms with Crippen LogP contribution in [0.3, 0.4) is 0 Å². The van der Waals surface area contributed by atoms with Gasteiger partial charge in [0.2, 0.25) is 0 Å². The summed E-state index contributed by atoms with van der Waals surface area (Å²) in [7, 11) is -4.02. The van der Waals surface area contributed by atoms with Gasteiger partial charge in [-0.2, -0.15) is 0 Å². The molecule has 0 bridgehead atoms. The van der Waals surface area contributed by atoms with Gasteiger partial charge in [-0.3, -0.25) is 4.72 Å². The average Bonchev–Trinajstić information content (AvgIpc) is 2.76. The summed E-state index contributed by atoms with van der Waals surface area (Å²) in [5, 5.41) is 8.93. The van der Waals surface area contributed by atoms with Gasteiger partial charge in [0.05, 0.1) is 5.69 Å². The molecule has 0 radical (unpaired) electrons. The number of benzene rings is 1. The van der Waals surface area contributed by atoms with E-state index in [-0.39, 0.29) is 21.0 Å². The van der Waals surface area contributed by atoms with Gasteiger partial charge in [-0.15, -0.1) is 0 Å². The van der Waals surface area contributed by atoms with Crippen LogP contribution in [0.25, 0.3) is 0 Å². The summed E-state index contributed by atoms with van der Waals surface area (Å²) >= 11 is 2.95. The van der Waals surface area contributed by atoms with Crippen LogP contribution >= 0.6 is 15.9 Å². The van der Waals surface area contributed by atoms with Gasteiger partial charge in [0, 0.05) is 6.07 Å². The van der Waals surface area contributed by atoms with E-state index in [1.54, 1.807) is 13.0 Å². The van der Waals surface area contributed by atoms with Gasteiger partial charge in [-0.05, 0) is 34.5 Å². The molecule has 0 spiro atoms. The lowest BCUT2D eigenvalue weighted by Crippen LogP contribution is -2.14. The van der Waals surface area contributed by atoms with E-state index in [2.05, 4.69) is 20.7 Å². The van der Waals surface area contributed by atoms with Crippen molar-refractivity contribution in [3.05, 3.63) is 46.1 Å². The molecule has 0 aliphatic carbocycles. The minimum atomic E-state index is -4.02. The number of aryl methyl sites for hydroxylation is 1. The van der Waals surface area contributed by atoms with E-state index in [4.69, 9.17) is 9.52 Å². The second-order valence-corrected chi connectivity index (χ2v) is 6.42. The van der Waals surface area contributed by atoms with E-state index in [1.165, 1.54) is 12.1 Å². The van der Waals surface area contributed by atoms with Gasteiger partial charge >= 0.3 is 0 Å². The number of furan rings is 1. The molecule has 0 amide bonds. The predicted molar refractivity (Wildman–Crippen MR) is 74.3 cm³/mol. The normalized spacial score (nSPS) is 11.6. The largest absolute Gasteiger partial charge is 0.450 e. The Bertz CT molecular complexity index is 722. The fourth-order valence-electron chi connectivity index (χ4n) is 1.61. The number of sulfonamides is 1. The minimum absolute atomic E-state index is 0.0527. The molecule has 20 heavy (non-hydrogen) atoms. The fourth-order valence-corrected chi connectivity index (χ4v) is 3.75. The standard InChI is InChI=1S/C12H11BrFNO4S/c1-7-3-2-4-9(14)11(7)15-20(17,18)10-5-8(6-16)19-12(10)13/h2-5,15-16H,6H2,1H3. The van der Waals surface area contributed by atoms with Crippen LogP contribution in [0.1, 0.15) is 11.3 Å². The lowest BCUT2D eigenvalue weighted by molar-refractivity contribution is 0.245. The van der Waals surface area contributed by atoms with Crippen molar-refractivity contribution in [2.45, 2.75) is 18.4 Å². The number of aliphatic hydroxyl groups is 1. The van der Waals surface area contributed by atoms with Crippen LogP contribution in [-0.2, 0) is 16.6 Å². The van der Waals surface area contributed by atoms with Crippen molar-refractivity contribution in [3.8, 4) is 0 Å². The first-order valence-electron chi connectivity index (χ1n) is 5.52. The third-order valence-corrected chi connectivity index (χ3v) is 4.82. The summed E-state index contributed by atoms with van der Waals surface area (Å²) in [5.74, 6) is -0.585. The van der Waals surface area contributed by atoms with Crippen molar-refractivity contribution in [2.75, 3.05) is 4.72 Å². The lowest BCUT2D eigenvalue weighted by atomic mass is 10.2. The van der Waals surface area contributed by atoms with Crippen molar-refractivity contribution >= 4 is 31.6 Å². The summed E-state index contributed by atoms with van der Waals surface area (Å²) < 4.78 is 45.2. The number of halogens is 2. The molecule has 5 nitrogen and oxygen atoms in total. The second kappa shape index (κ2) is 5.55. The first kappa shape index (κ1) is 15.0. The molecule has 0 saturated carbocycles. The summed E-state index contributed by atoms with van der Waals surface area (Å²) in [6.45, 7) is 1.15. The van der Waals surface area contributed by atoms with E-state index in [0.29, 0.717) is 5.56 Å². The Morgan fingerprint density at radius 2 is 2.15 bits per heavy atom. The number of para-hydroxylation sites is 1. The topological polar surface area (TPSA) is 79.5 Å². The van der Waals surface area contributed by atoms with E-state index >= 15 is 0 Å². The van der Waals surface area contributed by atoms with Crippen LogP contribution in [-0.4, -0.2) is 13.5 Å². The molecule has 2 rings (SSSR count). The van der Waals surface area contributed by atoms with E-state index in [1.807, 2.05) is 0 Å². The monoisotopic (exact) mass is 363 g/mol. The van der Waals surface area contributed by atoms with Crippen LogP contribution in [0, 0.1) is 12.7 Å². The van der Waals surface area contributed by atoms with E-state index in [9.17, 15) is 12.8 Å². The van der Waals surface area contributed by atoms with Crippen molar-refractivity contribution in [1.82, 2.24) is 0 Å². The van der Waals surface area contributed by atoms with Crippen LogP contribution < -0.4 is 4.72 Å². The molecule has 0 aliphatic rings. The van der Waals surface area contributed by atoms with Gasteiger partial charge in [0.1, 0.15) is 23.1 Å². The van der Waals surface area contributed by atoms with Gasteiger partial charge < -0.3 is 9.52 Å². The molecular formula is C12H11BrFNO4S. The van der Waals surface area contributed by atoms with Crippen LogP contribution in [0.2, 0.25) is 0 Å². The third kappa shape index (κ3) is 2.87. The lowest BCUT2D eigenvalue weighted by Gasteiger charge is -2.10. The van der Waals surface area contributed by atoms with Gasteiger partial charge in [0.25, 0.3) is 10.0 Å². The first-order valence-corrected chi connectivity index (χ1v) is 7.80. The summed E-state index contributed by atoms with van der Waals surface area (Å²) in [6, 6.07) is 5.40. The number of aliphatic hydroxyl groups excluding tert-OH is 1. The molecule has 1 aromatic carbocycles. The SMILES string of the molecule is Cc1cccc(F)c1NS(=O)(=O)c1cc(CO)oc1Br. The molecule has 8 heteroatoms. The number of hydrogen-bond acceptors (Lipinski definition) is 4. The molecule has 1 heterocycles. The highest BCUT2D eigenvalue weighted by molar-refractivity contribution is 9.10. The summed E-state index contributed by atoms with van der Waals surface area (Å²) in [6.07, 6.45) is 0. The quantitative estimate of drug-likeness (QED) is 0.875. The van der Waals surface area contributed by atoms with Crippen molar-refractivity contribution in [2.24, 2.45) is 0 Å². The number of anilines is 1. The van der Waals surface area contributed by atoms with Gasteiger partial charge in [-0.1, -0.05) is 12.1 Å². The molecule has 0 saturated heterocycles. The zero-order valence-electron chi connectivity index (χ0n) is 10.4. The number of hydrogen-bond donors (Lipinski definition) is 2. The molecule has 0 unspecified atom stereocenters. The average molecular weight is 364 g/mol. The summed E-state index contributed by atoms with van der Waals surface area (Å²) in [4.78, 5) is -0.204. The molecular weight excluding hydrogens is 353 g/mol. The molecule has 1 aromatic heterocycles. The Hall–Kier alpha value is -1.38. The van der Waals surface area contributed by atoms with Crippen LogP contribution in [0.5, 0.6) is 0 Å². The molecule has 2 aromatic rings. The third-order valence-electron chi connectivity index (χ3n) is 2.61. The Morgan fingerprint density at radius 3 is 2.70 bits per heavy atom. The van der Waals surface area contributed by atoms with Gasteiger partial charge in [0.15, 0.2) is 4.67 Å². The van der Waals surface area contributed by atoms with Crippen molar-refractivity contribution in [3.63, 3.8) is 0 Å². The maximum atomic E-state index is 13.7. The Labute approximate surface area is 123 Å². The molecule has 2 N–H and O–H groups in total. The molecule has 0 aliphatic heterocycles. The Kier molecular flexibility index (Phi) is 4.17. The van der Waals surface area contributed by atoms with Crippen molar-refractivity contribution in [1.29, 1.82) is 0 Å². The molecule has 0 atom stereocenters. The smallest absolute Gasteiger partial charge is 0.266 e. The number of rotatable bonds is 4. The minimum Gasteiger partial charge on any atom is -0.450 e. The first-order chi connectivity index (χ1) is 9.35. The number of nitrogens with one attached hydrogen (secondary N) is 1. The van der Waals surface area contributed by atoms with E-state index < -0.39 is 22.4 Å². The van der Waals surface area contributed by atoms with E-state index in [0.717, 1.165) is 6.07 Å². The predicted octanol–water partition coefficient (Wildman–Crippen LogP) is 2.78. The van der Waals surface area contributed by atoms with Gasteiger partial charge in [-0.25, -0.2) is 12.8 Å². The van der Waals surface area contributed by atoms with Crippen molar-refractivity contribution < 1.29 is 22.3 Å². The van der Waals surface area contributed by atoms with Crippen LogP contribution in [0.4, 0.5) is 10.1 Å². The highest BCUT2D eigenvalue weighted by atomic mass is 79.9. The highest BCUT2D eigenvalue weighted by Crippen LogP contribution is 2.29. The molecule has 0 fully saturated rings. The Morgan fingerprint density at radius 1 is 1.45 bits per heavy atom. The van der Waals surface area contributed by atoms with Crippen LogP contribution in [0.15, 0.2) is 38.2 Å². The Balaban J connectivity index is 2.43.